The minimum Gasteiger partial charge on any atom is -0.474 e. The fourth-order valence-electron chi connectivity index (χ4n) is 4.11. The number of nitrogens with one attached hydrogen (secondary N) is 3. The minimum absolute atomic E-state index is 0.154. The van der Waals surface area contributed by atoms with Crippen molar-refractivity contribution in [3.8, 4) is 17.0 Å². The molecule has 2 aliphatic rings. The summed E-state index contributed by atoms with van der Waals surface area (Å²) in [6.07, 6.45) is 2.55. The van der Waals surface area contributed by atoms with Crippen LogP contribution < -0.4 is 20.7 Å². The van der Waals surface area contributed by atoms with Gasteiger partial charge in [-0.05, 0) is 49.0 Å². The molecule has 33 heavy (non-hydrogen) atoms. The lowest BCUT2D eigenvalue weighted by Gasteiger charge is -2.21. The van der Waals surface area contributed by atoms with Crippen molar-refractivity contribution >= 4 is 28.4 Å². The first-order valence-corrected chi connectivity index (χ1v) is 10.7. The number of hydrogen-bond donors (Lipinski definition) is 3. The molecule has 2 aliphatic heterocycles. The molecule has 0 saturated carbocycles. The zero-order chi connectivity index (χ0) is 23.0. The average molecular weight is 455 g/mol. The lowest BCUT2D eigenvalue weighted by atomic mass is 9.98. The van der Waals surface area contributed by atoms with Crippen LogP contribution in [-0.4, -0.2) is 54.6 Å². The summed E-state index contributed by atoms with van der Waals surface area (Å²) in [6.45, 7) is 3.43. The van der Waals surface area contributed by atoms with Gasteiger partial charge in [-0.25, -0.2) is 23.5 Å². The summed E-state index contributed by atoms with van der Waals surface area (Å²) in [7, 11) is 0. The SMILES string of the molecule is Cc1c(-c2cc3cc(NC(=O)OCC4(F)CCNC4)ncc3cc2F)cnc2c1NCCO2. The van der Waals surface area contributed by atoms with Gasteiger partial charge in [0, 0.05) is 42.0 Å². The molecule has 1 aromatic carbocycles. The molecule has 5 rings (SSSR count). The molecule has 0 bridgehead atoms. The van der Waals surface area contributed by atoms with E-state index in [1.807, 2.05) is 6.92 Å². The number of carbonyl (C=O) groups is 1. The standard InChI is InChI=1S/C23H23F2N5O3/c1-13-17(10-29-21-20(13)27-4-5-32-21)16-6-14-8-19(28-9-15(14)7-18(16)24)30-22(31)33-12-23(25)2-3-26-11-23/h6-10,26-27H,2-5,11-12H2,1H3,(H,28,30,31). The van der Waals surface area contributed by atoms with Gasteiger partial charge in [0.15, 0.2) is 5.67 Å². The summed E-state index contributed by atoms with van der Waals surface area (Å²) >= 11 is 0. The van der Waals surface area contributed by atoms with Gasteiger partial charge in [-0.1, -0.05) is 0 Å². The first kappa shape index (κ1) is 21.3. The summed E-state index contributed by atoms with van der Waals surface area (Å²) in [4.78, 5) is 20.6. The zero-order valence-electron chi connectivity index (χ0n) is 18.0. The molecule has 3 aromatic rings. The van der Waals surface area contributed by atoms with Crippen molar-refractivity contribution in [1.29, 1.82) is 0 Å². The molecule has 1 saturated heterocycles. The number of rotatable bonds is 4. The van der Waals surface area contributed by atoms with Crippen LogP contribution in [0.4, 0.5) is 25.1 Å². The average Bonchev–Trinajstić information content (AvgIpc) is 3.25. The summed E-state index contributed by atoms with van der Waals surface area (Å²) in [5, 5.41) is 9.90. The van der Waals surface area contributed by atoms with Crippen molar-refractivity contribution in [1.82, 2.24) is 15.3 Å². The maximum atomic E-state index is 15.0. The Morgan fingerprint density at radius 3 is 2.91 bits per heavy atom. The van der Waals surface area contributed by atoms with Crippen molar-refractivity contribution in [3.05, 3.63) is 42.0 Å². The number of pyridine rings is 2. The fraction of sp³-hybridized carbons (Fsp3) is 0.348. The molecule has 1 atom stereocenters. The summed E-state index contributed by atoms with van der Waals surface area (Å²) < 4.78 is 39.9. The Morgan fingerprint density at radius 1 is 1.21 bits per heavy atom. The molecule has 10 heteroatoms. The summed E-state index contributed by atoms with van der Waals surface area (Å²) in [5.74, 6) is 0.309. The maximum Gasteiger partial charge on any atom is 0.412 e. The second-order valence-corrected chi connectivity index (χ2v) is 8.28. The quantitative estimate of drug-likeness (QED) is 0.551. The predicted octanol–water partition coefficient (Wildman–Crippen LogP) is 3.80. The van der Waals surface area contributed by atoms with E-state index in [0.717, 1.165) is 11.3 Å². The van der Waals surface area contributed by atoms with Gasteiger partial charge in [-0.15, -0.1) is 0 Å². The third-order valence-corrected chi connectivity index (χ3v) is 5.93. The Morgan fingerprint density at radius 2 is 2.09 bits per heavy atom. The van der Waals surface area contributed by atoms with Crippen LogP contribution in [0.3, 0.4) is 0 Å². The highest BCUT2D eigenvalue weighted by molar-refractivity contribution is 5.92. The van der Waals surface area contributed by atoms with E-state index in [2.05, 4.69) is 25.9 Å². The summed E-state index contributed by atoms with van der Waals surface area (Å²) in [6, 6.07) is 4.69. The van der Waals surface area contributed by atoms with Gasteiger partial charge in [0.25, 0.3) is 0 Å². The van der Waals surface area contributed by atoms with Crippen LogP contribution in [0.2, 0.25) is 0 Å². The Kier molecular flexibility index (Phi) is 5.45. The molecule has 0 spiro atoms. The van der Waals surface area contributed by atoms with E-state index in [4.69, 9.17) is 9.47 Å². The highest BCUT2D eigenvalue weighted by Gasteiger charge is 2.35. The second kappa shape index (κ2) is 8.43. The van der Waals surface area contributed by atoms with E-state index in [-0.39, 0.29) is 19.0 Å². The predicted molar refractivity (Wildman–Crippen MR) is 120 cm³/mol. The summed E-state index contributed by atoms with van der Waals surface area (Å²) in [5.41, 5.74) is 1.03. The van der Waals surface area contributed by atoms with Crippen molar-refractivity contribution in [3.63, 3.8) is 0 Å². The lowest BCUT2D eigenvalue weighted by molar-refractivity contribution is 0.0684. The van der Waals surface area contributed by atoms with Crippen LogP contribution in [0.1, 0.15) is 12.0 Å². The number of hydrogen-bond acceptors (Lipinski definition) is 7. The van der Waals surface area contributed by atoms with Gasteiger partial charge in [0.05, 0.1) is 0 Å². The van der Waals surface area contributed by atoms with Gasteiger partial charge in [0.1, 0.15) is 30.5 Å². The Hall–Kier alpha value is -3.53. The number of alkyl halides is 1. The number of benzene rings is 1. The second-order valence-electron chi connectivity index (χ2n) is 8.28. The normalized spacial score (nSPS) is 19.5. The molecular formula is C23H23F2N5O3. The lowest BCUT2D eigenvalue weighted by Crippen LogP contribution is -2.34. The first-order valence-electron chi connectivity index (χ1n) is 10.7. The number of anilines is 2. The molecule has 0 aliphatic carbocycles. The number of fused-ring (bicyclic) bond motifs is 2. The minimum atomic E-state index is -1.55. The molecule has 4 heterocycles. The molecule has 8 nitrogen and oxygen atoms in total. The molecule has 0 radical (unpaired) electrons. The topological polar surface area (TPSA) is 97.4 Å². The molecule has 1 fully saturated rings. The van der Waals surface area contributed by atoms with E-state index in [9.17, 15) is 13.6 Å². The van der Waals surface area contributed by atoms with Crippen LogP contribution in [0.25, 0.3) is 21.9 Å². The number of halogens is 2. The van der Waals surface area contributed by atoms with E-state index in [1.165, 1.54) is 12.3 Å². The van der Waals surface area contributed by atoms with Crippen molar-refractivity contribution in [2.24, 2.45) is 0 Å². The van der Waals surface area contributed by atoms with Gasteiger partial charge in [-0.3, -0.25) is 5.32 Å². The van der Waals surface area contributed by atoms with E-state index < -0.39 is 17.6 Å². The molecule has 1 amide bonds. The number of amides is 1. The van der Waals surface area contributed by atoms with Crippen LogP contribution in [0, 0.1) is 12.7 Å². The number of carbonyl (C=O) groups excluding carboxylic acids is 1. The number of aromatic nitrogens is 2. The van der Waals surface area contributed by atoms with Crippen molar-refractivity contribution in [2.45, 2.75) is 19.0 Å². The highest BCUT2D eigenvalue weighted by Crippen LogP contribution is 2.37. The van der Waals surface area contributed by atoms with E-state index in [0.29, 0.717) is 53.9 Å². The third kappa shape index (κ3) is 4.25. The Balaban J connectivity index is 1.40. The van der Waals surface area contributed by atoms with Crippen molar-refractivity contribution in [2.75, 3.05) is 43.5 Å². The molecule has 3 N–H and O–H groups in total. The molecule has 172 valence electrons. The van der Waals surface area contributed by atoms with Gasteiger partial charge in [-0.2, -0.15) is 0 Å². The largest absolute Gasteiger partial charge is 0.474 e. The smallest absolute Gasteiger partial charge is 0.412 e. The molecular weight excluding hydrogens is 432 g/mol. The van der Waals surface area contributed by atoms with Crippen LogP contribution in [0.15, 0.2) is 30.6 Å². The van der Waals surface area contributed by atoms with E-state index in [1.54, 1.807) is 18.3 Å². The van der Waals surface area contributed by atoms with Crippen LogP contribution in [-0.2, 0) is 4.74 Å². The van der Waals surface area contributed by atoms with E-state index >= 15 is 0 Å². The Labute approximate surface area is 188 Å². The third-order valence-electron chi connectivity index (χ3n) is 5.93. The molecule has 1 unspecified atom stereocenters. The van der Waals surface area contributed by atoms with Crippen molar-refractivity contribution < 1.29 is 23.0 Å². The first-order chi connectivity index (χ1) is 15.9. The number of nitrogens with zero attached hydrogens (tertiary/aromatic N) is 2. The number of ether oxygens (including phenoxy) is 2. The maximum absolute atomic E-state index is 15.0. The van der Waals surface area contributed by atoms with Gasteiger partial charge in [0.2, 0.25) is 5.88 Å². The molecule has 2 aromatic heterocycles. The van der Waals surface area contributed by atoms with Crippen LogP contribution in [0.5, 0.6) is 5.88 Å². The fourth-order valence-corrected chi connectivity index (χ4v) is 4.11. The highest BCUT2D eigenvalue weighted by atomic mass is 19.1. The Bertz CT molecular complexity index is 1230. The van der Waals surface area contributed by atoms with Gasteiger partial charge >= 0.3 is 6.09 Å². The zero-order valence-corrected chi connectivity index (χ0v) is 18.0. The van der Waals surface area contributed by atoms with Crippen LogP contribution >= 0.6 is 0 Å². The monoisotopic (exact) mass is 455 g/mol. The van der Waals surface area contributed by atoms with Gasteiger partial charge < -0.3 is 20.1 Å².